The molecule has 4 aliphatic carbocycles. The SMILES string of the molecule is CC(C)c1c(C(=O)Nc2ccccc2)c(-c2ccccc2)c(C2=CCC(F)C=C2)n1CCC(O)CC(O)CC(=O)O.CCC(C)(C)C(=O)OC1CC(C)C=C2C=CC(C)C(CCC3CC(=O)CC(O)C3)C21. The Labute approximate surface area is 420 Å². The summed E-state index contributed by atoms with van der Waals surface area (Å²) >= 11 is 0. The number of carboxylic acid groups (broad SMARTS) is 1. The van der Waals surface area contributed by atoms with Crippen molar-refractivity contribution in [1.29, 1.82) is 0 Å². The number of carbonyl (C=O) groups is 4. The normalized spacial score (nSPS) is 25.0. The fourth-order valence-corrected chi connectivity index (χ4v) is 10.9. The van der Waals surface area contributed by atoms with Gasteiger partial charge in [0.1, 0.15) is 18.1 Å². The van der Waals surface area contributed by atoms with Crippen LogP contribution >= 0.6 is 0 Å². The first kappa shape index (κ1) is 54.9. The third-order valence-electron chi connectivity index (χ3n) is 14.9. The maximum absolute atomic E-state index is 14.1. The zero-order valence-electron chi connectivity index (χ0n) is 42.7. The van der Waals surface area contributed by atoms with E-state index >= 15 is 0 Å². The summed E-state index contributed by atoms with van der Waals surface area (Å²) in [6.45, 7) is 14.7. The maximum atomic E-state index is 14.1. The van der Waals surface area contributed by atoms with Crippen molar-refractivity contribution in [1.82, 2.24) is 4.57 Å². The van der Waals surface area contributed by atoms with Gasteiger partial charge >= 0.3 is 11.9 Å². The molecule has 1 heterocycles. The number of para-hydroxylation sites is 1. The van der Waals surface area contributed by atoms with Crippen molar-refractivity contribution in [2.45, 2.75) is 162 Å². The summed E-state index contributed by atoms with van der Waals surface area (Å²) in [4.78, 5) is 49.8. The number of anilines is 1. The Kier molecular flexibility index (Phi) is 19.2. The number of amides is 1. The van der Waals surface area contributed by atoms with Crippen LogP contribution in [0.1, 0.15) is 147 Å². The van der Waals surface area contributed by atoms with Gasteiger partial charge in [-0.25, -0.2) is 4.39 Å². The van der Waals surface area contributed by atoms with Crippen molar-refractivity contribution < 1.29 is 48.7 Å². The topological polar surface area (TPSA) is 175 Å². The molecule has 0 spiro atoms. The highest BCUT2D eigenvalue weighted by molar-refractivity contribution is 6.12. The minimum absolute atomic E-state index is 0.0844. The van der Waals surface area contributed by atoms with E-state index in [1.165, 1.54) is 11.6 Å². The van der Waals surface area contributed by atoms with Gasteiger partial charge < -0.3 is 35.0 Å². The van der Waals surface area contributed by atoms with Crippen LogP contribution in [-0.4, -0.2) is 79.2 Å². The van der Waals surface area contributed by atoms with Gasteiger partial charge in [-0.15, -0.1) is 0 Å². The molecular weight excluding hydrogens is 900 g/mol. The summed E-state index contributed by atoms with van der Waals surface area (Å²) in [6, 6.07) is 18.8. The van der Waals surface area contributed by atoms with Crippen LogP contribution in [0.3, 0.4) is 0 Å². The number of aliphatic hydroxyl groups is 3. The van der Waals surface area contributed by atoms with Gasteiger partial charge in [-0.1, -0.05) is 114 Å². The van der Waals surface area contributed by atoms with Crippen molar-refractivity contribution in [2.24, 2.45) is 35.0 Å². The molecule has 1 saturated carbocycles. The van der Waals surface area contributed by atoms with E-state index in [1.54, 1.807) is 6.08 Å². The number of Topliss-reactive ketones (excluding diaryl/α,β-unsaturated/α-hetero) is 1. The number of carboxylic acids is 1. The molecule has 0 saturated heterocycles. The molecule has 71 heavy (non-hydrogen) atoms. The molecule has 3 aromatic rings. The Morgan fingerprint density at radius 2 is 1.62 bits per heavy atom. The molecule has 0 aliphatic heterocycles. The standard InChI is InChI=1S/C33H37FN2O5.C26H40O4/c1-21(2)31-30(33(41)35-25-11-7-4-8-12-25)29(22-9-5-3-6-10-22)32(23-13-15-24(34)16-14-23)36(31)18-17-26(37)19-27(38)20-28(39)40;1-6-26(4,5)25(29)30-23-12-16(2)11-19-9-7-17(3)22(24(19)23)10-8-18-13-20(27)15-21(28)14-18/h3-15,21,24,26-27,37-38H,16-20H2,1-2H3,(H,35,41)(H,39,40);7,9,11,16-18,20,22-24,27H,6,8,10,12-15H2,1-5H3. The van der Waals surface area contributed by atoms with E-state index in [-0.39, 0.29) is 60.8 Å². The minimum atomic E-state index is -1.17. The van der Waals surface area contributed by atoms with E-state index in [9.17, 15) is 38.9 Å². The molecule has 1 aromatic heterocycles. The third-order valence-corrected chi connectivity index (χ3v) is 14.9. The summed E-state index contributed by atoms with van der Waals surface area (Å²) in [5, 5.41) is 42.8. The second kappa shape index (κ2) is 24.8. The van der Waals surface area contributed by atoms with Crippen LogP contribution in [0.2, 0.25) is 0 Å². The number of aliphatic carboxylic acids is 1. The molecule has 12 heteroatoms. The van der Waals surface area contributed by atoms with Gasteiger partial charge in [-0.3, -0.25) is 19.2 Å². The van der Waals surface area contributed by atoms with Crippen LogP contribution in [0.5, 0.6) is 0 Å². The van der Waals surface area contributed by atoms with Crippen molar-refractivity contribution >= 4 is 34.9 Å². The summed E-state index contributed by atoms with van der Waals surface area (Å²) in [5.74, 6) is 0.278. The second-order valence-corrected chi connectivity index (χ2v) is 21.4. The second-order valence-electron chi connectivity index (χ2n) is 21.4. The number of rotatable bonds is 18. The molecular formula is C59H77FN2O9. The lowest BCUT2D eigenvalue weighted by molar-refractivity contribution is -0.164. The highest BCUT2D eigenvalue weighted by Gasteiger charge is 2.43. The number of halogens is 1. The van der Waals surface area contributed by atoms with E-state index in [0.29, 0.717) is 48.4 Å². The fourth-order valence-electron chi connectivity index (χ4n) is 10.9. The maximum Gasteiger partial charge on any atom is 0.311 e. The van der Waals surface area contributed by atoms with E-state index in [4.69, 9.17) is 9.84 Å². The van der Waals surface area contributed by atoms with Crippen LogP contribution in [0.4, 0.5) is 10.1 Å². The smallest absolute Gasteiger partial charge is 0.311 e. The van der Waals surface area contributed by atoms with Gasteiger partial charge in [0, 0.05) is 48.7 Å². The predicted octanol–water partition coefficient (Wildman–Crippen LogP) is 11.4. The number of hydrogen-bond acceptors (Lipinski definition) is 8. The predicted molar refractivity (Wildman–Crippen MR) is 277 cm³/mol. The Morgan fingerprint density at radius 1 is 0.930 bits per heavy atom. The Bertz CT molecular complexity index is 2440. The van der Waals surface area contributed by atoms with E-state index in [1.807, 2.05) is 106 Å². The van der Waals surface area contributed by atoms with Crippen molar-refractivity contribution in [3.05, 3.63) is 120 Å². The Morgan fingerprint density at radius 3 is 2.24 bits per heavy atom. The lowest BCUT2D eigenvalue weighted by Gasteiger charge is -2.44. The number of fused-ring (bicyclic) bond motifs is 1. The first-order valence-electron chi connectivity index (χ1n) is 25.9. The third kappa shape index (κ3) is 14.4. The summed E-state index contributed by atoms with van der Waals surface area (Å²) in [6.07, 6.45) is 13.3. The molecule has 1 amide bonds. The van der Waals surface area contributed by atoms with Gasteiger partial charge in [-0.2, -0.15) is 0 Å². The zero-order chi connectivity index (χ0) is 51.6. The van der Waals surface area contributed by atoms with Gasteiger partial charge in [-0.05, 0) is 123 Å². The average molecular weight is 977 g/mol. The number of esters is 1. The molecule has 384 valence electrons. The molecule has 4 aliphatic rings. The average Bonchev–Trinajstić information content (AvgIpc) is 3.67. The number of ether oxygens (including phenoxy) is 1. The number of carbonyl (C=O) groups excluding carboxylic acids is 3. The molecule has 10 unspecified atom stereocenters. The highest BCUT2D eigenvalue weighted by atomic mass is 19.1. The Balaban J connectivity index is 0.000000244. The van der Waals surface area contributed by atoms with Gasteiger partial charge in [0.05, 0.1) is 41.4 Å². The molecule has 5 N–H and O–H groups in total. The number of ketones is 1. The van der Waals surface area contributed by atoms with Crippen LogP contribution in [0.15, 0.2) is 103 Å². The Hall–Kier alpha value is -5.43. The van der Waals surface area contributed by atoms with E-state index in [2.05, 4.69) is 37.4 Å². The van der Waals surface area contributed by atoms with Gasteiger partial charge in [0.15, 0.2) is 0 Å². The first-order chi connectivity index (χ1) is 33.8. The van der Waals surface area contributed by atoms with Gasteiger partial charge in [0.2, 0.25) is 0 Å². The zero-order valence-corrected chi connectivity index (χ0v) is 42.7. The summed E-state index contributed by atoms with van der Waals surface area (Å²) in [7, 11) is 0. The van der Waals surface area contributed by atoms with E-state index in [0.717, 1.165) is 60.2 Å². The monoisotopic (exact) mass is 977 g/mol. The number of nitrogens with one attached hydrogen (secondary N) is 1. The number of aromatic nitrogens is 1. The molecule has 0 bridgehead atoms. The quantitative estimate of drug-likeness (QED) is 0.0777. The van der Waals surface area contributed by atoms with Crippen LogP contribution in [0, 0.1) is 35.0 Å². The van der Waals surface area contributed by atoms with Gasteiger partial charge in [0.25, 0.3) is 5.91 Å². The number of hydrogen-bond donors (Lipinski definition) is 5. The number of benzene rings is 2. The summed E-state index contributed by atoms with van der Waals surface area (Å²) < 4.78 is 22.4. The lowest BCUT2D eigenvalue weighted by atomic mass is 9.64. The first-order valence-corrected chi connectivity index (χ1v) is 25.9. The highest BCUT2D eigenvalue weighted by Crippen LogP contribution is 2.47. The van der Waals surface area contributed by atoms with Crippen LogP contribution in [-0.2, 0) is 25.7 Å². The molecule has 7 rings (SSSR count). The lowest BCUT2D eigenvalue weighted by Crippen LogP contribution is -2.43. The van der Waals surface area contributed by atoms with Crippen LogP contribution in [0.25, 0.3) is 16.7 Å². The molecule has 2 aromatic carbocycles. The number of allylic oxidation sites excluding steroid dienone is 7. The number of nitrogens with zero attached hydrogens (tertiary/aromatic N) is 1. The molecule has 10 atom stereocenters. The molecule has 11 nitrogen and oxygen atoms in total. The molecule has 0 radical (unpaired) electrons. The van der Waals surface area contributed by atoms with Crippen molar-refractivity contribution in [3.8, 4) is 11.1 Å². The van der Waals surface area contributed by atoms with Crippen molar-refractivity contribution in [2.75, 3.05) is 5.32 Å². The number of alkyl halides is 1. The largest absolute Gasteiger partial charge is 0.481 e. The summed E-state index contributed by atoms with van der Waals surface area (Å²) in [5.41, 5.74) is 5.84. The number of aliphatic hydroxyl groups excluding tert-OH is 3. The van der Waals surface area contributed by atoms with E-state index < -0.39 is 42.3 Å². The van der Waals surface area contributed by atoms with Crippen molar-refractivity contribution in [3.63, 3.8) is 0 Å². The molecule has 1 fully saturated rings. The minimum Gasteiger partial charge on any atom is -0.481 e. The van der Waals surface area contributed by atoms with Crippen LogP contribution < -0.4 is 5.32 Å². The fraction of sp³-hybridized carbons (Fsp3) is 0.525.